The number of hydrogen-bond donors (Lipinski definition) is 1. The molecule has 0 saturated carbocycles. The molecule has 3 aromatic carbocycles. The van der Waals surface area contributed by atoms with Crippen LogP contribution in [-0.2, 0) is 0 Å². The van der Waals surface area contributed by atoms with Crippen molar-refractivity contribution in [3.63, 3.8) is 0 Å². The highest BCUT2D eigenvalue weighted by Gasteiger charge is 2.16. The van der Waals surface area contributed by atoms with Crippen molar-refractivity contribution in [3.8, 4) is 28.3 Å². The number of anilines is 1. The zero-order chi connectivity index (χ0) is 23.5. The maximum Gasteiger partial charge on any atom is 0.258 e. The number of nitrogens with one attached hydrogen (secondary N) is 1. The Kier molecular flexibility index (Phi) is 6.38. The van der Waals surface area contributed by atoms with Gasteiger partial charge in [-0.05, 0) is 55.5 Å². The van der Waals surface area contributed by atoms with Crippen molar-refractivity contribution in [2.24, 2.45) is 0 Å². The zero-order valence-corrected chi connectivity index (χ0v) is 20.7. The molecule has 0 unspecified atom stereocenters. The number of para-hydroxylation sites is 1. The highest BCUT2D eigenvalue weighted by Crippen LogP contribution is 2.29. The van der Waals surface area contributed by atoms with Gasteiger partial charge in [-0.25, -0.2) is 9.97 Å². The number of fused-ring (bicyclic) bond motifs is 1. The second kappa shape index (κ2) is 9.75. The average molecular weight is 530 g/mol. The first-order valence-corrected chi connectivity index (χ1v) is 12.4. The van der Waals surface area contributed by atoms with Crippen LogP contribution in [0.25, 0.3) is 33.4 Å². The van der Waals surface area contributed by atoms with Gasteiger partial charge in [0.1, 0.15) is 5.75 Å². The largest absolute Gasteiger partial charge is 0.494 e. The number of pyridine rings is 1. The van der Waals surface area contributed by atoms with E-state index in [1.807, 2.05) is 91.2 Å². The fraction of sp³-hybridized carbons (Fsp3) is 0.0741. The lowest BCUT2D eigenvalue weighted by Gasteiger charge is -2.10. The van der Waals surface area contributed by atoms with Crippen molar-refractivity contribution in [1.82, 2.24) is 9.97 Å². The van der Waals surface area contributed by atoms with Crippen molar-refractivity contribution in [1.29, 1.82) is 0 Å². The molecular formula is C27H20BrN3O2S. The molecule has 0 fully saturated rings. The molecule has 0 aliphatic heterocycles. The second-order valence-corrected chi connectivity index (χ2v) is 9.30. The summed E-state index contributed by atoms with van der Waals surface area (Å²) in [5.74, 6) is 0.581. The van der Waals surface area contributed by atoms with Gasteiger partial charge in [-0.2, -0.15) is 0 Å². The molecule has 0 aliphatic carbocycles. The Morgan fingerprint density at radius 1 is 0.941 bits per heavy atom. The SMILES string of the molecule is CCOc1ccc(-c2cc(C(=O)Nc3nc(-c4ccc(Br)cc4)cs3)c3ccccc3n2)cc1. The first kappa shape index (κ1) is 22.3. The fourth-order valence-corrected chi connectivity index (χ4v) is 4.63. The molecular weight excluding hydrogens is 510 g/mol. The molecule has 34 heavy (non-hydrogen) atoms. The summed E-state index contributed by atoms with van der Waals surface area (Å²) < 4.78 is 6.55. The molecule has 0 bridgehead atoms. The molecule has 7 heteroatoms. The van der Waals surface area contributed by atoms with Crippen molar-refractivity contribution >= 4 is 49.2 Å². The predicted octanol–water partition coefficient (Wildman–Crippen LogP) is 7.44. The Bertz CT molecular complexity index is 1460. The predicted molar refractivity (Wildman–Crippen MR) is 142 cm³/mol. The standard InChI is InChI=1S/C27H20BrN3O2S/c1-2-33-20-13-9-17(10-14-20)24-15-22(21-5-3-4-6-23(21)29-24)26(32)31-27-30-25(16-34-27)18-7-11-19(28)12-8-18/h3-16H,2H2,1H3,(H,30,31,32). The van der Waals surface area contributed by atoms with Gasteiger partial charge in [0, 0.05) is 26.4 Å². The number of amides is 1. The van der Waals surface area contributed by atoms with E-state index in [-0.39, 0.29) is 5.91 Å². The molecule has 0 saturated heterocycles. The van der Waals surface area contributed by atoms with E-state index in [1.165, 1.54) is 11.3 Å². The number of nitrogens with zero attached hydrogens (tertiary/aromatic N) is 2. The lowest BCUT2D eigenvalue weighted by molar-refractivity contribution is 0.102. The van der Waals surface area contributed by atoms with E-state index >= 15 is 0 Å². The Hall–Kier alpha value is -3.55. The summed E-state index contributed by atoms with van der Waals surface area (Å²) >= 11 is 4.85. The molecule has 2 aromatic heterocycles. The number of carbonyl (C=O) groups is 1. The van der Waals surface area contributed by atoms with Gasteiger partial charge in [0.25, 0.3) is 5.91 Å². The quantitative estimate of drug-likeness (QED) is 0.248. The zero-order valence-electron chi connectivity index (χ0n) is 18.3. The number of benzene rings is 3. The van der Waals surface area contributed by atoms with Crippen LogP contribution in [-0.4, -0.2) is 22.5 Å². The van der Waals surface area contributed by atoms with E-state index in [4.69, 9.17) is 9.72 Å². The molecule has 0 atom stereocenters. The summed E-state index contributed by atoms with van der Waals surface area (Å²) in [5.41, 5.74) is 4.76. The minimum Gasteiger partial charge on any atom is -0.494 e. The number of thiazole rings is 1. The van der Waals surface area contributed by atoms with Crippen molar-refractivity contribution in [2.75, 3.05) is 11.9 Å². The van der Waals surface area contributed by atoms with E-state index < -0.39 is 0 Å². The number of rotatable bonds is 6. The fourth-order valence-electron chi connectivity index (χ4n) is 3.65. The molecule has 5 aromatic rings. The highest BCUT2D eigenvalue weighted by atomic mass is 79.9. The summed E-state index contributed by atoms with van der Waals surface area (Å²) in [5, 5.41) is 6.25. The Morgan fingerprint density at radius 2 is 1.65 bits per heavy atom. The summed E-state index contributed by atoms with van der Waals surface area (Å²) in [4.78, 5) is 22.7. The summed E-state index contributed by atoms with van der Waals surface area (Å²) in [6.07, 6.45) is 0. The lowest BCUT2D eigenvalue weighted by Crippen LogP contribution is -2.13. The third kappa shape index (κ3) is 4.71. The van der Waals surface area contributed by atoms with Crippen LogP contribution in [0.15, 0.2) is 88.7 Å². The topological polar surface area (TPSA) is 64.1 Å². The minimum atomic E-state index is -0.220. The van der Waals surface area contributed by atoms with Crippen LogP contribution in [0.1, 0.15) is 17.3 Å². The third-order valence-corrected chi connectivity index (χ3v) is 6.57. The van der Waals surface area contributed by atoms with E-state index in [9.17, 15) is 4.79 Å². The van der Waals surface area contributed by atoms with Crippen LogP contribution in [0.3, 0.4) is 0 Å². The van der Waals surface area contributed by atoms with Crippen LogP contribution in [0.2, 0.25) is 0 Å². The van der Waals surface area contributed by atoms with Crippen LogP contribution in [0, 0.1) is 0 Å². The van der Waals surface area contributed by atoms with Gasteiger partial charge in [0.2, 0.25) is 0 Å². The third-order valence-electron chi connectivity index (χ3n) is 5.29. The van der Waals surface area contributed by atoms with Gasteiger partial charge in [0.05, 0.1) is 29.1 Å². The van der Waals surface area contributed by atoms with Gasteiger partial charge in [-0.15, -0.1) is 11.3 Å². The molecule has 168 valence electrons. The second-order valence-electron chi connectivity index (χ2n) is 7.53. The number of halogens is 1. The number of ether oxygens (including phenoxy) is 1. The summed E-state index contributed by atoms with van der Waals surface area (Å²) in [6.45, 7) is 2.56. The number of hydrogen-bond acceptors (Lipinski definition) is 5. The van der Waals surface area contributed by atoms with Crippen LogP contribution >= 0.6 is 27.3 Å². The van der Waals surface area contributed by atoms with E-state index in [0.29, 0.717) is 17.3 Å². The Labute approximate surface area is 209 Å². The molecule has 0 radical (unpaired) electrons. The molecule has 5 rings (SSSR count). The highest BCUT2D eigenvalue weighted by molar-refractivity contribution is 9.10. The van der Waals surface area contributed by atoms with E-state index in [2.05, 4.69) is 26.2 Å². The normalized spacial score (nSPS) is 10.9. The molecule has 0 aliphatic rings. The van der Waals surface area contributed by atoms with Crippen molar-refractivity contribution in [2.45, 2.75) is 6.92 Å². The monoisotopic (exact) mass is 529 g/mol. The van der Waals surface area contributed by atoms with Gasteiger partial charge < -0.3 is 4.74 Å². The smallest absolute Gasteiger partial charge is 0.258 e. The lowest BCUT2D eigenvalue weighted by atomic mass is 10.0. The first-order valence-electron chi connectivity index (χ1n) is 10.8. The molecule has 1 N–H and O–H groups in total. The van der Waals surface area contributed by atoms with Gasteiger partial charge in [-0.1, -0.05) is 46.3 Å². The Balaban J connectivity index is 1.46. The minimum absolute atomic E-state index is 0.220. The van der Waals surface area contributed by atoms with E-state index in [1.54, 1.807) is 0 Å². The van der Waals surface area contributed by atoms with E-state index in [0.717, 1.165) is 43.6 Å². The van der Waals surface area contributed by atoms with Crippen molar-refractivity contribution in [3.05, 3.63) is 94.3 Å². The molecule has 5 nitrogen and oxygen atoms in total. The molecule has 2 heterocycles. The van der Waals surface area contributed by atoms with Crippen LogP contribution < -0.4 is 10.1 Å². The Morgan fingerprint density at radius 3 is 2.41 bits per heavy atom. The maximum atomic E-state index is 13.3. The maximum absolute atomic E-state index is 13.3. The number of carbonyl (C=O) groups excluding carboxylic acids is 1. The van der Waals surface area contributed by atoms with Gasteiger partial charge in [-0.3, -0.25) is 10.1 Å². The number of aromatic nitrogens is 2. The van der Waals surface area contributed by atoms with Gasteiger partial charge in [0.15, 0.2) is 5.13 Å². The molecule has 0 spiro atoms. The van der Waals surface area contributed by atoms with Gasteiger partial charge >= 0.3 is 0 Å². The average Bonchev–Trinajstić information content (AvgIpc) is 3.33. The summed E-state index contributed by atoms with van der Waals surface area (Å²) in [7, 11) is 0. The molecule has 1 amide bonds. The van der Waals surface area contributed by atoms with Crippen LogP contribution in [0.4, 0.5) is 5.13 Å². The van der Waals surface area contributed by atoms with Crippen LogP contribution in [0.5, 0.6) is 5.75 Å². The first-order chi connectivity index (χ1) is 16.6. The van der Waals surface area contributed by atoms with Crippen molar-refractivity contribution < 1.29 is 9.53 Å². The summed E-state index contributed by atoms with van der Waals surface area (Å²) in [6, 6.07) is 25.1.